The van der Waals surface area contributed by atoms with E-state index >= 15 is 0 Å². The van der Waals surface area contributed by atoms with E-state index in [9.17, 15) is 4.79 Å². The molecule has 0 aliphatic carbocycles. The zero-order chi connectivity index (χ0) is 16.4. The predicted molar refractivity (Wildman–Crippen MR) is 94.6 cm³/mol. The first kappa shape index (κ1) is 15.8. The highest BCUT2D eigenvalue weighted by atomic mass is 16.1. The van der Waals surface area contributed by atoms with Crippen molar-refractivity contribution < 1.29 is 4.79 Å². The molecule has 0 aromatic heterocycles. The van der Waals surface area contributed by atoms with Crippen LogP contribution in [0.4, 0.5) is 5.69 Å². The average Bonchev–Trinajstić information content (AvgIpc) is 2.57. The van der Waals surface area contributed by atoms with Crippen LogP contribution < -0.4 is 11.1 Å². The molecule has 0 bridgehead atoms. The molecule has 0 saturated carbocycles. The van der Waals surface area contributed by atoms with Gasteiger partial charge >= 0.3 is 0 Å². The lowest BCUT2D eigenvalue weighted by Crippen LogP contribution is -2.22. The Hall–Kier alpha value is -2.13. The van der Waals surface area contributed by atoms with Crippen LogP contribution in [-0.4, -0.2) is 5.91 Å². The van der Waals surface area contributed by atoms with Gasteiger partial charge in [0.05, 0.1) is 0 Å². The molecule has 2 aromatic rings. The van der Waals surface area contributed by atoms with Crippen LogP contribution >= 0.6 is 0 Å². The van der Waals surface area contributed by atoms with Crippen molar-refractivity contribution in [1.29, 1.82) is 0 Å². The third kappa shape index (κ3) is 3.30. The van der Waals surface area contributed by atoms with Crippen molar-refractivity contribution in [2.24, 2.45) is 5.73 Å². The van der Waals surface area contributed by atoms with Crippen LogP contribution in [0.2, 0.25) is 0 Å². The molecule has 23 heavy (non-hydrogen) atoms. The van der Waals surface area contributed by atoms with E-state index in [1.165, 1.54) is 22.3 Å². The molecule has 0 fully saturated rings. The minimum absolute atomic E-state index is 0.0248. The molecule has 1 aliphatic rings. The molecule has 1 aliphatic heterocycles. The fourth-order valence-corrected chi connectivity index (χ4v) is 3.34. The standard InChI is InChI=1S/C20H24N2O/c1-13-14(2)20-16(9-11-19(23)22-20)12-17(13)18(21)10-8-15-6-4-3-5-7-15/h3-7,12,18H,8-11,21H2,1-2H3,(H,22,23). The van der Waals surface area contributed by atoms with Crippen molar-refractivity contribution in [3.8, 4) is 0 Å². The lowest BCUT2D eigenvalue weighted by Gasteiger charge is -2.25. The number of amides is 1. The van der Waals surface area contributed by atoms with Gasteiger partial charge in [0.1, 0.15) is 0 Å². The molecule has 0 spiro atoms. The molecule has 3 nitrogen and oxygen atoms in total. The summed E-state index contributed by atoms with van der Waals surface area (Å²) in [6.45, 7) is 4.18. The summed E-state index contributed by atoms with van der Waals surface area (Å²) in [5.74, 6) is 0.112. The number of carbonyl (C=O) groups is 1. The molecule has 0 saturated heterocycles. The number of carbonyl (C=O) groups excluding carboxylic acids is 1. The minimum atomic E-state index is 0.0248. The molecule has 3 heteroatoms. The summed E-state index contributed by atoms with van der Waals surface area (Å²) >= 11 is 0. The Kier molecular flexibility index (Phi) is 4.49. The maximum atomic E-state index is 11.6. The molecular formula is C20H24N2O. The number of nitrogens with one attached hydrogen (secondary N) is 1. The van der Waals surface area contributed by atoms with Crippen LogP contribution in [0.25, 0.3) is 0 Å². The molecular weight excluding hydrogens is 284 g/mol. The molecule has 1 atom stereocenters. The maximum Gasteiger partial charge on any atom is 0.224 e. The van der Waals surface area contributed by atoms with Crippen molar-refractivity contribution in [3.05, 3.63) is 64.2 Å². The quantitative estimate of drug-likeness (QED) is 0.902. The van der Waals surface area contributed by atoms with Crippen molar-refractivity contribution >= 4 is 11.6 Å². The van der Waals surface area contributed by atoms with Crippen LogP contribution in [0.15, 0.2) is 36.4 Å². The third-order valence-electron chi connectivity index (χ3n) is 4.89. The topological polar surface area (TPSA) is 55.1 Å². The molecule has 3 N–H and O–H groups in total. The van der Waals surface area contributed by atoms with Gasteiger partial charge in [-0.25, -0.2) is 0 Å². The molecule has 1 heterocycles. The van der Waals surface area contributed by atoms with Gasteiger partial charge in [0, 0.05) is 18.2 Å². The lowest BCUT2D eigenvalue weighted by molar-refractivity contribution is -0.116. The molecule has 3 rings (SSSR count). The van der Waals surface area contributed by atoms with E-state index in [0.29, 0.717) is 6.42 Å². The van der Waals surface area contributed by atoms with Gasteiger partial charge in [-0.2, -0.15) is 0 Å². The van der Waals surface area contributed by atoms with Crippen LogP contribution in [0.1, 0.15) is 46.7 Å². The summed E-state index contributed by atoms with van der Waals surface area (Å²) in [6.07, 6.45) is 3.28. The second-order valence-electron chi connectivity index (χ2n) is 6.43. The fourth-order valence-electron chi connectivity index (χ4n) is 3.34. The molecule has 1 amide bonds. The van der Waals surface area contributed by atoms with E-state index in [2.05, 4.69) is 49.5 Å². The van der Waals surface area contributed by atoms with E-state index in [1.54, 1.807) is 0 Å². The summed E-state index contributed by atoms with van der Waals surface area (Å²) in [5.41, 5.74) is 13.6. The minimum Gasteiger partial charge on any atom is -0.326 e. The number of hydrogen-bond acceptors (Lipinski definition) is 2. The number of rotatable bonds is 4. The average molecular weight is 308 g/mol. The van der Waals surface area contributed by atoms with Gasteiger partial charge in [-0.15, -0.1) is 0 Å². The number of aryl methyl sites for hydroxylation is 2. The number of benzene rings is 2. The molecule has 1 unspecified atom stereocenters. The Morgan fingerprint density at radius 2 is 1.87 bits per heavy atom. The highest BCUT2D eigenvalue weighted by Gasteiger charge is 2.21. The highest BCUT2D eigenvalue weighted by molar-refractivity contribution is 5.95. The fraction of sp³-hybridized carbons (Fsp3) is 0.350. The first-order chi connectivity index (χ1) is 11.1. The van der Waals surface area contributed by atoms with Gasteiger partial charge in [-0.05, 0) is 60.9 Å². The van der Waals surface area contributed by atoms with E-state index in [-0.39, 0.29) is 11.9 Å². The Balaban J connectivity index is 1.82. The second kappa shape index (κ2) is 6.55. The van der Waals surface area contributed by atoms with Gasteiger partial charge in [-0.1, -0.05) is 36.4 Å². The van der Waals surface area contributed by atoms with Crippen molar-refractivity contribution in [3.63, 3.8) is 0 Å². The first-order valence-corrected chi connectivity index (χ1v) is 8.28. The predicted octanol–water partition coefficient (Wildman–Crippen LogP) is 3.82. The Morgan fingerprint density at radius 3 is 2.61 bits per heavy atom. The number of hydrogen-bond donors (Lipinski definition) is 2. The Bertz CT molecular complexity index is 722. The van der Waals surface area contributed by atoms with Gasteiger partial charge in [0.2, 0.25) is 5.91 Å². The van der Waals surface area contributed by atoms with Crippen molar-refractivity contribution in [2.45, 2.75) is 45.6 Å². The third-order valence-corrected chi connectivity index (χ3v) is 4.89. The summed E-state index contributed by atoms with van der Waals surface area (Å²) in [7, 11) is 0. The van der Waals surface area contributed by atoms with Crippen molar-refractivity contribution in [2.75, 3.05) is 5.32 Å². The van der Waals surface area contributed by atoms with E-state index in [0.717, 1.165) is 30.5 Å². The summed E-state index contributed by atoms with van der Waals surface area (Å²) < 4.78 is 0. The molecule has 2 aromatic carbocycles. The number of anilines is 1. The van der Waals surface area contributed by atoms with E-state index < -0.39 is 0 Å². The summed E-state index contributed by atoms with van der Waals surface area (Å²) in [6, 6.07) is 12.7. The van der Waals surface area contributed by atoms with Crippen LogP contribution in [0, 0.1) is 13.8 Å². The summed E-state index contributed by atoms with van der Waals surface area (Å²) in [4.78, 5) is 11.6. The SMILES string of the molecule is Cc1c(C(N)CCc2ccccc2)cc2c(c1C)NC(=O)CC2. The van der Waals surface area contributed by atoms with Gasteiger partial charge < -0.3 is 11.1 Å². The Labute approximate surface area is 137 Å². The van der Waals surface area contributed by atoms with Crippen LogP contribution in [-0.2, 0) is 17.6 Å². The number of nitrogens with two attached hydrogens (primary N) is 1. The maximum absolute atomic E-state index is 11.6. The zero-order valence-corrected chi connectivity index (χ0v) is 13.9. The normalized spacial score (nSPS) is 15.0. The zero-order valence-electron chi connectivity index (χ0n) is 13.9. The first-order valence-electron chi connectivity index (χ1n) is 8.28. The van der Waals surface area contributed by atoms with Gasteiger partial charge in [-0.3, -0.25) is 4.79 Å². The van der Waals surface area contributed by atoms with E-state index in [4.69, 9.17) is 5.73 Å². The number of fused-ring (bicyclic) bond motifs is 1. The van der Waals surface area contributed by atoms with E-state index in [1.807, 2.05) is 6.07 Å². The monoisotopic (exact) mass is 308 g/mol. The smallest absolute Gasteiger partial charge is 0.224 e. The molecule has 0 radical (unpaired) electrons. The largest absolute Gasteiger partial charge is 0.326 e. The van der Waals surface area contributed by atoms with Gasteiger partial charge in [0.15, 0.2) is 0 Å². The van der Waals surface area contributed by atoms with Crippen LogP contribution in [0.5, 0.6) is 0 Å². The Morgan fingerprint density at radius 1 is 1.13 bits per heavy atom. The van der Waals surface area contributed by atoms with Gasteiger partial charge in [0.25, 0.3) is 0 Å². The second-order valence-corrected chi connectivity index (χ2v) is 6.43. The van der Waals surface area contributed by atoms with Crippen molar-refractivity contribution in [1.82, 2.24) is 0 Å². The highest BCUT2D eigenvalue weighted by Crippen LogP contribution is 2.34. The molecule has 120 valence electrons. The summed E-state index contributed by atoms with van der Waals surface area (Å²) in [5, 5.41) is 3.01. The van der Waals surface area contributed by atoms with Crippen LogP contribution in [0.3, 0.4) is 0 Å². The lowest BCUT2D eigenvalue weighted by atomic mass is 9.88.